The molecular weight excluding hydrogens is 258 g/mol. The number of aromatic amines is 1. The first kappa shape index (κ1) is 14.5. The molecule has 6 heteroatoms. The maximum atomic E-state index is 12.5. The number of aliphatic hydroxyl groups is 2. The molecule has 6 nitrogen and oxygen atoms in total. The molecule has 0 unspecified atom stereocenters. The van der Waals surface area contributed by atoms with Gasteiger partial charge in [-0.2, -0.15) is 5.10 Å². The molecule has 1 aromatic heterocycles. The normalized spacial score (nSPS) is 11.8. The van der Waals surface area contributed by atoms with Crippen LogP contribution in [0, 0.1) is 5.41 Å². The average Bonchev–Trinajstić information content (AvgIpc) is 2.94. The first-order chi connectivity index (χ1) is 9.50. The van der Waals surface area contributed by atoms with Gasteiger partial charge in [-0.3, -0.25) is 9.89 Å². The predicted octanol–water partition coefficient (Wildman–Crippen LogP) is 0.626. The van der Waals surface area contributed by atoms with Gasteiger partial charge in [0.15, 0.2) is 0 Å². The lowest BCUT2D eigenvalue weighted by atomic mass is 9.92. The quantitative estimate of drug-likeness (QED) is 0.747. The molecule has 20 heavy (non-hydrogen) atoms. The zero-order valence-corrected chi connectivity index (χ0v) is 11.6. The lowest BCUT2D eigenvalue weighted by molar-refractivity contribution is 0.0367. The highest BCUT2D eigenvalue weighted by atomic mass is 16.3. The topological polar surface area (TPSA) is 89.4 Å². The molecule has 0 saturated heterocycles. The fourth-order valence-corrected chi connectivity index (χ4v) is 2.15. The van der Waals surface area contributed by atoms with Gasteiger partial charge < -0.3 is 15.1 Å². The van der Waals surface area contributed by atoms with Crippen LogP contribution in [0.4, 0.5) is 0 Å². The Kier molecular flexibility index (Phi) is 4.06. The number of nitrogens with one attached hydrogen (secondary N) is 1. The monoisotopic (exact) mass is 277 g/mol. The summed E-state index contributed by atoms with van der Waals surface area (Å²) >= 11 is 0. The lowest BCUT2D eigenvalue weighted by Crippen LogP contribution is -2.41. The van der Waals surface area contributed by atoms with Crippen molar-refractivity contribution in [2.45, 2.75) is 6.92 Å². The Morgan fingerprint density at radius 3 is 2.75 bits per heavy atom. The van der Waals surface area contributed by atoms with E-state index in [2.05, 4.69) is 10.2 Å². The molecule has 3 N–H and O–H groups in total. The summed E-state index contributed by atoms with van der Waals surface area (Å²) in [5.74, 6) is -0.173. The van der Waals surface area contributed by atoms with Gasteiger partial charge in [0.05, 0.1) is 30.5 Å². The average molecular weight is 277 g/mol. The van der Waals surface area contributed by atoms with Crippen LogP contribution in [0.15, 0.2) is 24.4 Å². The van der Waals surface area contributed by atoms with Crippen molar-refractivity contribution in [3.63, 3.8) is 0 Å². The summed E-state index contributed by atoms with van der Waals surface area (Å²) in [4.78, 5) is 14.0. The highest BCUT2D eigenvalue weighted by Crippen LogP contribution is 2.20. The van der Waals surface area contributed by atoms with Crippen LogP contribution < -0.4 is 0 Å². The maximum absolute atomic E-state index is 12.5. The summed E-state index contributed by atoms with van der Waals surface area (Å²) in [6, 6.07) is 5.41. The molecule has 0 atom stereocenters. The molecule has 0 saturated carbocycles. The number of benzene rings is 1. The van der Waals surface area contributed by atoms with Crippen LogP contribution in [-0.4, -0.2) is 58.0 Å². The number of fused-ring (bicyclic) bond motifs is 1. The van der Waals surface area contributed by atoms with E-state index in [4.69, 9.17) is 0 Å². The molecule has 2 aromatic rings. The van der Waals surface area contributed by atoms with Gasteiger partial charge in [-0.1, -0.05) is 19.1 Å². The van der Waals surface area contributed by atoms with Crippen molar-refractivity contribution in [2.24, 2.45) is 5.41 Å². The SMILES string of the molecule is CN(CC(C)(CO)CO)C(=O)c1cccc2cn[nH]c12. The first-order valence-electron chi connectivity index (χ1n) is 6.40. The van der Waals surface area contributed by atoms with Crippen molar-refractivity contribution >= 4 is 16.8 Å². The number of nitrogens with zero attached hydrogens (tertiary/aromatic N) is 2. The van der Waals surface area contributed by atoms with Crippen molar-refractivity contribution in [1.29, 1.82) is 0 Å². The van der Waals surface area contributed by atoms with Crippen molar-refractivity contribution in [2.75, 3.05) is 26.8 Å². The van der Waals surface area contributed by atoms with Gasteiger partial charge in [-0.25, -0.2) is 0 Å². The second-order valence-corrected chi connectivity index (χ2v) is 5.43. The fourth-order valence-electron chi connectivity index (χ4n) is 2.15. The summed E-state index contributed by atoms with van der Waals surface area (Å²) < 4.78 is 0. The van der Waals surface area contributed by atoms with Gasteiger partial charge in [-0.15, -0.1) is 0 Å². The van der Waals surface area contributed by atoms with E-state index in [9.17, 15) is 15.0 Å². The smallest absolute Gasteiger partial charge is 0.255 e. The summed E-state index contributed by atoms with van der Waals surface area (Å²) in [6.07, 6.45) is 1.66. The number of para-hydroxylation sites is 1. The number of carbonyl (C=O) groups excluding carboxylic acids is 1. The lowest BCUT2D eigenvalue weighted by Gasteiger charge is -2.30. The molecule has 2 rings (SSSR count). The van der Waals surface area contributed by atoms with Crippen LogP contribution in [0.2, 0.25) is 0 Å². The van der Waals surface area contributed by atoms with E-state index in [1.54, 1.807) is 32.3 Å². The van der Waals surface area contributed by atoms with Gasteiger partial charge in [0.25, 0.3) is 5.91 Å². The maximum Gasteiger partial charge on any atom is 0.255 e. The van der Waals surface area contributed by atoms with Crippen molar-refractivity contribution < 1.29 is 15.0 Å². The van der Waals surface area contributed by atoms with E-state index in [1.807, 2.05) is 6.07 Å². The van der Waals surface area contributed by atoms with Crippen molar-refractivity contribution in [3.8, 4) is 0 Å². The van der Waals surface area contributed by atoms with Crippen LogP contribution in [0.5, 0.6) is 0 Å². The van der Waals surface area contributed by atoms with E-state index in [0.717, 1.165) is 5.39 Å². The van der Waals surface area contributed by atoms with Crippen LogP contribution in [-0.2, 0) is 0 Å². The first-order valence-corrected chi connectivity index (χ1v) is 6.40. The summed E-state index contributed by atoms with van der Waals surface area (Å²) in [7, 11) is 1.65. The number of aromatic nitrogens is 2. The summed E-state index contributed by atoms with van der Waals surface area (Å²) in [5, 5.41) is 26.2. The number of rotatable bonds is 5. The number of aliphatic hydroxyl groups excluding tert-OH is 2. The summed E-state index contributed by atoms with van der Waals surface area (Å²) in [6.45, 7) is 1.63. The number of carbonyl (C=O) groups is 1. The van der Waals surface area contributed by atoms with E-state index in [1.165, 1.54) is 4.90 Å². The minimum absolute atomic E-state index is 0.173. The molecule has 0 bridgehead atoms. The molecule has 1 amide bonds. The molecule has 0 aliphatic rings. The van der Waals surface area contributed by atoms with E-state index < -0.39 is 5.41 Å². The fraction of sp³-hybridized carbons (Fsp3) is 0.429. The molecule has 0 radical (unpaired) electrons. The molecule has 1 aromatic carbocycles. The van der Waals surface area contributed by atoms with Crippen LogP contribution in [0.25, 0.3) is 10.9 Å². The second-order valence-electron chi connectivity index (χ2n) is 5.43. The number of hydrogen-bond acceptors (Lipinski definition) is 4. The Morgan fingerprint density at radius 2 is 2.10 bits per heavy atom. The van der Waals surface area contributed by atoms with Crippen LogP contribution in [0.1, 0.15) is 17.3 Å². The van der Waals surface area contributed by atoms with E-state index >= 15 is 0 Å². The van der Waals surface area contributed by atoms with Crippen molar-refractivity contribution in [1.82, 2.24) is 15.1 Å². The van der Waals surface area contributed by atoms with Gasteiger partial charge in [-0.05, 0) is 6.07 Å². The minimum Gasteiger partial charge on any atom is -0.396 e. The molecule has 0 aliphatic heterocycles. The molecular formula is C14H19N3O3. The van der Waals surface area contributed by atoms with E-state index in [-0.39, 0.29) is 25.7 Å². The number of amides is 1. The Balaban J connectivity index is 2.25. The minimum atomic E-state index is -0.716. The van der Waals surface area contributed by atoms with E-state index in [0.29, 0.717) is 11.1 Å². The Labute approximate surface area is 117 Å². The highest BCUT2D eigenvalue weighted by Gasteiger charge is 2.27. The largest absolute Gasteiger partial charge is 0.396 e. The van der Waals surface area contributed by atoms with Crippen molar-refractivity contribution in [3.05, 3.63) is 30.0 Å². The standard InChI is InChI=1S/C14H19N3O3/c1-14(8-18,9-19)7-17(2)13(20)11-5-3-4-10-6-15-16-12(10)11/h3-6,18-19H,7-9H2,1-2H3,(H,15,16). The predicted molar refractivity (Wildman–Crippen MR) is 75.3 cm³/mol. The number of H-pyrrole nitrogens is 1. The second kappa shape index (κ2) is 5.60. The van der Waals surface area contributed by atoms with Crippen LogP contribution in [0.3, 0.4) is 0 Å². The highest BCUT2D eigenvalue weighted by molar-refractivity contribution is 6.05. The van der Waals surface area contributed by atoms with Gasteiger partial charge in [0.1, 0.15) is 0 Å². The third-order valence-electron chi connectivity index (χ3n) is 3.44. The Bertz CT molecular complexity index is 604. The zero-order chi connectivity index (χ0) is 14.8. The summed E-state index contributed by atoms with van der Waals surface area (Å²) in [5.41, 5.74) is 0.506. The third kappa shape index (κ3) is 2.66. The van der Waals surface area contributed by atoms with Gasteiger partial charge in [0.2, 0.25) is 0 Å². The number of hydrogen-bond donors (Lipinski definition) is 3. The van der Waals surface area contributed by atoms with Crippen LogP contribution >= 0.6 is 0 Å². The molecule has 108 valence electrons. The molecule has 0 fully saturated rings. The van der Waals surface area contributed by atoms with Gasteiger partial charge >= 0.3 is 0 Å². The molecule has 1 heterocycles. The Morgan fingerprint density at radius 1 is 1.40 bits per heavy atom. The zero-order valence-electron chi connectivity index (χ0n) is 11.6. The Hall–Kier alpha value is -1.92. The van der Waals surface area contributed by atoms with Gasteiger partial charge in [0, 0.05) is 24.4 Å². The third-order valence-corrected chi connectivity index (χ3v) is 3.44. The molecule has 0 spiro atoms. The molecule has 0 aliphatic carbocycles.